The van der Waals surface area contributed by atoms with Crippen LogP contribution in [0.1, 0.15) is 278 Å². The lowest BCUT2D eigenvalue weighted by Crippen LogP contribution is -2.30. The van der Waals surface area contributed by atoms with Gasteiger partial charge in [0.25, 0.3) is 0 Å². The van der Waals surface area contributed by atoms with Crippen molar-refractivity contribution in [3.05, 3.63) is 134 Å². The van der Waals surface area contributed by atoms with Crippen molar-refractivity contribution in [2.75, 3.05) is 13.2 Å². The molecule has 1 unspecified atom stereocenters. The first-order valence-electron chi connectivity index (χ1n) is 31.7. The molecule has 0 radical (unpaired) electrons. The summed E-state index contributed by atoms with van der Waals surface area (Å²) in [5.74, 6) is -0.947. The highest BCUT2D eigenvalue weighted by Crippen LogP contribution is 2.15. The van der Waals surface area contributed by atoms with Gasteiger partial charge < -0.3 is 14.2 Å². The van der Waals surface area contributed by atoms with Crippen LogP contribution in [0.2, 0.25) is 0 Å². The Kier molecular flexibility index (Phi) is 60.4. The summed E-state index contributed by atoms with van der Waals surface area (Å²) >= 11 is 0. The zero-order chi connectivity index (χ0) is 55.7. The molecule has 6 nitrogen and oxygen atoms in total. The van der Waals surface area contributed by atoms with Crippen LogP contribution >= 0.6 is 0 Å². The minimum absolute atomic E-state index is 0.100. The molecule has 0 heterocycles. The molecule has 0 saturated carbocycles. The Hall–Kier alpha value is -4.45. The number of hydrogen-bond donors (Lipinski definition) is 0. The largest absolute Gasteiger partial charge is 0.462 e. The summed E-state index contributed by atoms with van der Waals surface area (Å²) in [5.41, 5.74) is 0. The molecule has 6 heteroatoms. The van der Waals surface area contributed by atoms with Gasteiger partial charge in [-0.25, -0.2) is 0 Å². The molecular weight excluding hydrogens is 949 g/mol. The standard InChI is InChI=1S/C71H116O6/c1-4-7-10-13-16-19-22-25-27-29-31-33-35-37-39-41-43-46-49-52-55-58-61-64-70(73)76-67-68(66-75-69(72)63-60-57-54-51-48-45-24-21-18-15-12-9-6-3)77-71(74)65-62-59-56-53-50-47-44-42-40-38-36-34-32-30-28-26-23-20-17-14-11-8-5-2/h7,9-10,12,16,18-19,21,23,25-27,30-33,36-39,45,48,68H,4-6,8,11,13-15,17,20,22,24,28-29,34-35,40-44,46-47,49-67H2,1-3H3/b10-7-,12-9-,19-16-,21-18-,26-23-,27-25-,32-30-,33-31-,38-36-,39-37-,48-45-. The van der Waals surface area contributed by atoms with Gasteiger partial charge in [0.1, 0.15) is 13.2 Å². The first-order valence-corrected chi connectivity index (χ1v) is 31.7. The third kappa shape index (κ3) is 62.3. The third-order valence-electron chi connectivity index (χ3n) is 13.1. The normalized spacial score (nSPS) is 13.0. The van der Waals surface area contributed by atoms with Crippen LogP contribution in [-0.2, 0) is 28.6 Å². The second-order valence-electron chi connectivity index (χ2n) is 20.5. The van der Waals surface area contributed by atoms with E-state index in [1.807, 2.05) is 0 Å². The van der Waals surface area contributed by atoms with Crippen molar-refractivity contribution in [1.82, 2.24) is 0 Å². The molecule has 0 aliphatic carbocycles. The third-order valence-corrected chi connectivity index (χ3v) is 13.1. The van der Waals surface area contributed by atoms with E-state index in [1.165, 1.54) is 96.3 Å². The van der Waals surface area contributed by atoms with E-state index in [1.54, 1.807) is 0 Å². The highest BCUT2D eigenvalue weighted by Gasteiger charge is 2.19. The topological polar surface area (TPSA) is 78.9 Å². The van der Waals surface area contributed by atoms with Gasteiger partial charge in [-0.1, -0.05) is 257 Å². The molecule has 0 aromatic carbocycles. The maximum atomic E-state index is 12.9. The zero-order valence-corrected chi connectivity index (χ0v) is 49.9. The van der Waals surface area contributed by atoms with Gasteiger partial charge in [0.2, 0.25) is 0 Å². The van der Waals surface area contributed by atoms with Crippen molar-refractivity contribution in [3.8, 4) is 0 Å². The Morgan fingerprint density at radius 2 is 0.506 bits per heavy atom. The van der Waals surface area contributed by atoms with Gasteiger partial charge in [0.05, 0.1) is 0 Å². The monoisotopic (exact) mass is 1060 g/mol. The number of hydrogen-bond acceptors (Lipinski definition) is 6. The summed E-state index contributed by atoms with van der Waals surface area (Å²) in [6.45, 7) is 6.37. The molecule has 0 aromatic heterocycles. The molecule has 0 spiro atoms. The number of carbonyl (C=O) groups excluding carboxylic acids is 3. The molecule has 0 aliphatic rings. The smallest absolute Gasteiger partial charge is 0.306 e. The van der Waals surface area contributed by atoms with Crippen molar-refractivity contribution in [2.45, 2.75) is 284 Å². The van der Waals surface area contributed by atoms with Gasteiger partial charge in [-0.05, 0) is 135 Å². The van der Waals surface area contributed by atoms with E-state index in [0.29, 0.717) is 19.3 Å². The summed E-state index contributed by atoms with van der Waals surface area (Å²) in [6, 6.07) is 0. The van der Waals surface area contributed by atoms with Gasteiger partial charge >= 0.3 is 17.9 Å². The van der Waals surface area contributed by atoms with Crippen molar-refractivity contribution in [1.29, 1.82) is 0 Å². The molecule has 0 aliphatic heterocycles. The van der Waals surface area contributed by atoms with Gasteiger partial charge in [-0.3, -0.25) is 14.4 Å². The summed E-state index contributed by atoms with van der Waals surface area (Å²) in [5, 5.41) is 0. The molecule has 0 aromatic rings. The van der Waals surface area contributed by atoms with Crippen molar-refractivity contribution in [3.63, 3.8) is 0 Å². The number of carbonyl (C=O) groups is 3. The Morgan fingerprint density at radius 1 is 0.273 bits per heavy atom. The molecule has 0 fully saturated rings. The van der Waals surface area contributed by atoms with Crippen LogP contribution < -0.4 is 0 Å². The van der Waals surface area contributed by atoms with Crippen molar-refractivity contribution < 1.29 is 28.6 Å². The maximum Gasteiger partial charge on any atom is 0.306 e. The van der Waals surface area contributed by atoms with Crippen molar-refractivity contribution >= 4 is 17.9 Å². The average Bonchev–Trinajstić information content (AvgIpc) is 3.43. The van der Waals surface area contributed by atoms with Crippen LogP contribution in [0, 0.1) is 0 Å². The predicted octanol–water partition coefficient (Wildman–Crippen LogP) is 21.8. The lowest BCUT2D eigenvalue weighted by atomic mass is 10.1. The van der Waals surface area contributed by atoms with E-state index in [-0.39, 0.29) is 31.1 Å². The first kappa shape index (κ1) is 72.5. The van der Waals surface area contributed by atoms with E-state index in [9.17, 15) is 14.4 Å². The van der Waals surface area contributed by atoms with Crippen LogP contribution in [0.25, 0.3) is 0 Å². The first-order chi connectivity index (χ1) is 38.0. The number of ether oxygens (including phenoxy) is 3. The molecule has 0 bridgehead atoms. The fraction of sp³-hybridized carbons (Fsp3) is 0.648. The van der Waals surface area contributed by atoms with E-state index >= 15 is 0 Å². The molecule has 0 saturated heterocycles. The van der Waals surface area contributed by atoms with Gasteiger partial charge in [0.15, 0.2) is 6.10 Å². The number of unbranched alkanes of at least 4 members (excludes halogenated alkanes) is 23. The average molecular weight is 1070 g/mol. The molecule has 436 valence electrons. The molecule has 0 rings (SSSR count). The Labute approximate surface area is 475 Å². The van der Waals surface area contributed by atoms with Gasteiger partial charge in [-0.15, -0.1) is 0 Å². The van der Waals surface area contributed by atoms with Crippen LogP contribution in [-0.4, -0.2) is 37.2 Å². The fourth-order valence-electron chi connectivity index (χ4n) is 8.43. The lowest BCUT2D eigenvalue weighted by Gasteiger charge is -2.18. The maximum absolute atomic E-state index is 12.9. The summed E-state index contributed by atoms with van der Waals surface area (Å²) < 4.78 is 16.9. The number of allylic oxidation sites excluding steroid dienone is 22. The van der Waals surface area contributed by atoms with E-state index in [0.717, 1.165) is 141 Å². The van der Waals surface area contributed by atoms with Crippen LogP contribution in [0.15, 0.2) is 134 Å². The number of rotatable bonds is 56. The predicted molar refractivity (Wildman–Crippen MR) is 334 cm³/mol. The molecule has 0 amide bonds. The highest BCUT2D eigenvalue weighted by atomic mass is 16.6. The summed E-state index contributed by atoms with van der Waals surface area (Å²) in [4.78, 5) is 38.3. The van der Waals surface area contributed by atoms with Crippen LogP contribution in [0.4, 0.5) is 0 Å². The van der Waals surface area contributed by atoms with E-state index < -0.39 is 6.10 Å². The molecule has 77 heavy (non-hydrogen) atoms. The zero-order valence-electron chi connectivity index (χ0n) is 49.9. The highest BCUT2D eigenvalue weighted by molar-refractivity contribution is 5.71. The molecule has 0 N–H and O–H groups in total. The molecule has 1 atom stereocenters. The quantitative estimate of drug-likeness (QED) is 0.0261. The second kappa shape index (κ2) is 64.1. The fourth-order valence-corrected chi connectivity index (χ4v) is 8.43. The van der Waals surface area contributed by atoms with Crippen molar-refractivity contribution in [2.24, 2.45) is 0 Å². The van der Waals surface area contributed by atoms with Crippen LogP contribution in [0.3, 0.4) is 0 Å². The van der Waals surface area contributed by atoms with E-state index in [2.05, 4.69) is 154 Å². The summed E-state index contributed by atoms with van der Waals surface area (Å²) in [7, 11) is 0. The van der Waals surface area contributed by atoms with Gasteiger partial charge in [-0.2, -0.15) is 0 Å². The molecular formula is C71H116O6. The van der Waals surface area contributed by atoms with Crippen LogP contribution in [0.5, 0.6) is 0 Å². The summed E-state index contributed by atoms with van der Waals surface area (Å²) in [6.07, 6.45) is 90.2. The number of esters is 3. The lowest BCUT2D eigenvalue weighted by molar-refractivity contribution is -0.167. The van der Waals surface area contributed by atoms with E-state index in [4.69, 9.17) is 14.2 Å². The Balaban J connectivity index is 4.42. The Morgan fingerprint density at radius 3 is 0.805 bits per heavy atom. The SMILES string of the molecule is CC/C=C\C/C=C\C/C=C\C/C=C\C/C=C\CCCCCCCCCC(=O)OCC(COC(=O)CCCCC/C=C\C/C=C\C/C=C\CC)OC(=O)CCCCCCCCCC/C=C\C/C=C\C/C=C\CCCCCCC. The minimum atomic E-state index is -0.805. The second-order valence-corrected chi connectivity index (χ2v) is 20.5. The Bertz CT molecular complexity index is 1650. The van der Waals surface area contributed by atoms with Gasteiger partial charge in [0, 0.05) is 19.3 Å². The minimum Gasteiger partial charge on any atom is -0.462 e.